The van der Waals surface area contributed by atoms with E-state index in [0.717, 1.165) is 38.3 Å². The van der Waals surface area contributed by atoms with Crippen LogP contribution in [0.4, 0.5) is 0 Å². The second-order valence-electron chi connectivity index (χ2n) is 5.71. The predicted octanol–water partition coefficient (Wildman–Crippen LogP) is 3.02. The highest BCUT2D eigenvalue weighted by Gasteiger charge is 2.35. The van der Waals surface area contributed by atoms with Crippen LogP contribution in [0.1, 0.15) is 37.7 Å². The lowest BCUT2D eigenvalue weighted by Gasteiger charge is -2.43. The summed E-state index contributed by atoms with van der Waals surface area (Å²) in [4.78, 5) is 14.2. The number of hydrogen-bond donors (Lipinski definition) is 0. The lowest BCUT2D eigenvalue weighted by Crippen LogP contribution is -2.48. The molecular weight excluding hydrogens is 222 g/mol. The van der Waals surface area contributed by atoms with Crippen molar-refractivity contribution in [3.05, 3.63) is 35.9 Å². The summed E-state index contributed by atoms with van der Waals surface area (Å²) >= 11 is 0. The highest BCUT2D eigenvalue weighted by atomic mass is 16.1. The van der Waals surface area contributed by atoms with Crippen LogP contribution >= 0.6 is 0 Å². The Balaban J connectivity index is 1.72. The van der Waals surface area contributed by atoms with Crippen molar-refractivity contribution in [1.82, 2.24) is 4.90 Å². The maximum Gasteiger partial charge on any atom is 0.134 e. The normalized spacial score (nSPS) is 29.0. The molecule has 0 spiro atoms. The summed E-state index contributed by atoms with van der Waals surface area (Å²) in [5.74, 6) is 1.23. The number of likely N-dealkylation sites (tertiary alicyclic amines) is 1. The first kappa shape index (κ1) is 11.9. The average Bonchev–Trinajstić information content (AvgIpc) is 2.41. The van der Waals surface area contributed by atoms with Crippen LogP contribution in [0.5, 0.6) is 0 Å². The van der Waals surface area contributed by atoms with E-state index in [0.29, 0.717) is 11.8 Å². The molecule has 2 aliphatic rings. The highest BCUT2D eigenvalue weighted by Crippen LogP contribution is 2.34. The molecule has 1 saturated heterocycles. The van der Waals surface area contributed by atoms with Gasteiger partial charge in [-0.25, -0.2) is 0 Å². The van der Waals surface area contributed by atoms with Crippen molar-refractivity contribution in [2.24, 2.45) is 5.92 Å². The van der Waals surface area contributed by atoms with Gasteiger partial charge < -0.3 is 0 Å². The fourth-order valence-corrected chi connectivity index (χ4v) is 3.54. The van der Waals surface area contributed by atoms with Crippen LogP contribution in [0.3, 0.4) is 0 Å². The fourth-order valence-electron chi connectivity index (χ4n) is 3.54. The molecule has 96 valence electrons. The molecule has 18 heavy (non-hydrogen) atoms. The number of carbonyl (C=O) groups is 1. The summed E-state index contributed by atoms with van der Waals surface area (Å²) < 4.78 is 0. The quantitative estimate of drug-likeness (QED) is 0.796. The molecule has 0 bridgehead atoms. The van der Waals surface area contributed by atoms with Gasteiger partial charge in [-0.3, -0.25) is 9.69 Å². The van der Waals surface area contributed by atoms with Gasteiger partial charge in [-0.1, -0.05) is 30.3 Å². The van der Waals surface area contributed by atoms with Gasteiger partial charge in [-0.05, 0) is 37.3 Å². The summed E-state index contributed by atoms with van der Waals surface area (Å²) in [6.07, 6.45) is 5.35. The lowest BCUT2D eigenvalue weighted by molar-refractivity contribution is -0.124. The molecule has 1 aromatic carbocycles. The largest absolute Gasteiger partial charge is 0.300 e. The molecule has 2 nitrogen and oxygen atoms in total. The average molecular weight is 243 g/mol. The van der Waals surface area contributed by atoms with Gasteiger partial charge in [0.25, 0.3) is 0 Å². The standard InChI is InChI=1S/C16H21NO/c18-15-9-8-14-7-4-10-17(16(14)11-15)12-13-5-2-1-3-6-13/h1-3,5-6,14,16H,4,7-12H2/t14-,16+/m0/s1. The molecule has 1 aromatic rings. The molecule has 2 fully saturated rings. The Hall–Kier alpha value is -1.15. The van der Waals surface area contributed by atoms with Crippen LogP contribution in [-0.4, -0.2) is 23.3 Å². The van der Waals surface area contributed by atoms with E-state index in [-0.39, 0.29) is 0 Å². The van der Waals surface area contributed by atoms with Gasteiger partial charge >= 0.3 is 0 Å². The van der Waals surface area contributed by atoms with E-state index >= 15 is 0 Å². The van der Waals surface area contributed by atoms with Crippen LogP contribution < -0.4 is 0 Å². The van der Waals surface area contributed by atoms with E-state index in [2.05, 4.69) is 35.2 Å². The van der Waals surface area contributed by atoms with Crippen molar-refractivity contribution in [1.29, 1.82) is 0 Å². The third-order valence-electron chi connectivity index (χ3n) is 4.49. The third kappa shape index (κ3) is 2.49. The molecule has 1 heterocycles. The van der Waals surface area contributed by atoms with Crippen molar-refractivity contribution in [3.8, 4) is 0 Å². The molecule has 2 atom stereocenters. The van der Waals surface area contributed by atoms with Crippen LogP contribution in [0.25, 0.3) is 0 Å². The molecule has 0 radical (unpaired) electrons. The van der Waals surface area contributed by atoms with E-state index in [1.165, 1.54) is 18.4 Å². The minimum Gasteiger partial charge on any atom is -0.300 e. The van der Waals surface area contributed by atoms with Crippen molar-refractivity contribution >= 4 is 5.78 Å². The van der Waals surface area contributed by atoms with E-state index in [1.54, 1.807) is 0 Å². The second-order valence-corrected chi connectivity index (χ2v) is 5.71. The van der Waals surface area contributed by atoms with Gasteiger partial charge in [0.05, 0.1) is 0 Å². The van der Waals surface area contributed by atoms with E-state index in [1.807, 2.05) is 0 Å². The Morgan fingerprint density at radius 3 is 2.83 bits per heavy atom. The molecule has 1 aliphatic heterocycles. The summed E-state index contributed by atoms with van der Waals surface area (Å²) in [5.41, 5.74) is 1.37. The first-order valence-corrected chi connectivity index (χ1v) is 7.12. The van der Waals surface area contributed by atoms with Crippen molar-refractivity contribution in [3.63, 3.8) is 0 Å². The minimum atomic E-state index is 0.469. The van der Waals surface area contributed by atoms with Gasteiger partial charge in [0.2, 0.25) is 0 Å². The molecule has 1 aliphatic carbocycles. The number of ketones is 1. The van der Waals surface area contributed by atoms with E-state index < -0.39 is 0 Å². The Labute approximate surface area is 109 Å². The van der Waals surface area contributed by atoms with Crippen LogP contribution in [-0.2, 0) is 11.3 Å². The molecule has 2 heteroatoms. The van der Waals surface area contributed by atoms with E-state index in [9.17, 15) is 4.79 Å². The van der Waals surface area contributed by atoms with Crippen LogP contribution in [0, 0.1) is 5.92 Å². The predicted molar refractivity (Wildman–Crippen MR) is 72.2 cm³/mol. The highest BCUT2D eigenvalue weighted by molar-refractivity contribution is 5.79. The van der Waals surface area contributed by atoms with Crippen molar-refractivity contribution in [2.45, 2.75) is 44.7 Å². The number of Topliss-reactive ketones (excluding diaryl/α,β-unsaturated/α-hetero) is 1. The van der Waals surface area contributed by atoms with Crippen molar-refractivity contribution < 1.29 is 4.79 Å². The fraction of sp³-hybridized carbons (Fsp3) is 0.562. The number of nitrogens with zero attached hydrogens (tertiary/aromatic N) is 1. The van der Waals surface area contributed by atoms with Crippen LogP contribution in [0.2, 0.25) is 0 Å². The third-order valence-corrected chi connectivity index (χ3v) is 4.49. The Kier molecular flexibility index (Phi) is 3.46. The Bertz CT molecular complexity index is 414. The first-order valence-electron chi connectivity index (χ1n) is 7.12. The number of piperidine rings is 1. The van der Waals surface area contributed by atoms with Gasteiger partial charge in [0.15, 0.2) is 0 Å². The molecule has 0 amide bonds. The molecule has 3 rings (SSSR count). The molecule has 0 aromatic heterocycles. The Morgan fingerprint density at radius 1 is 1.17 bits per heavy atom. The van der Waals surface area contributed by atoms with Gasteiger partial charge in [-0.15, -0.1) is 0 Å². The van der Waals surface area contributed by atoms with Crippen molar-refractivity contribution in [2.75, 3.05) is 6.54 Å². The van der Waals surface area contributed by atoms with Gasteiger partial charge in [-0.2, -0.15) is 0 Å². The first-order chi connectivity index (χ1) is 8.83. The van der Waals surface area contributed by atoms with E-state index in [4.69, 9.17) is 0 Å². The maximum absolute atomic E-state index is 11.7. The zero-order valence-corrected chi connectivity index (χ0v) is 10.8. The topological polar surface area (TPSA) is 20.3 Å². The molecular formula is C16H21NO. The number of hydrogen-bond acceptors (Lipinski definition) is 2. The molecule has 0 N–H and O–H groups in total. The molecule has 1 saturated carbocycles. The Morgan fingerprint density at radius 2 is 2.00 bits per heavy atom. The smallest absolute Gasteiger partial charge is 0.134 e. The maximum atomic E-state index is 11.7. The van der Waals surface area contributed by atoms with Crippen LogP contribution in [0.15, 0.2) is 30.3 Å². The monoisotopic (exact) mass is 243 g/mol. The molecule has 0 unspecified atom stereocenters. The zero-order valence-electron chi connectivity index (χ0n) is 10.8. The summed E-state index contributed by atoms with van der Waals surface area (Å²) in [5, 5.41) is 0. The zero-order chi connectivity index (χ0) is 12.4. The number of carbonyl (C=O) groups excluding carboxylic acids is 1. The number of fused-ring (bicyclic) bond motifs is 1. The number of benzene rings is 1. The van der Waals surface area contributed by atoms with Gasteiger partial charge in [0, 0.05) is 25.4 Å². The summed E-state index contributed by atoms with van der Waals surface area (Å²) in [6.45, 7) is 2.17. The summed E-state index contributed by atoms with van der Waals surface area (Å²) in [6, 6.07) is 11.2. The lowest BCUT2D eigenvalue weighted by atomic mass is 9.77. The minimum absolute atomic E-state index is 0.469. The second kappa shape index (κ2) is 5.23. The van der Waals surface area contributed by atoms with Gasteiger partial charge in [0.1, 0.15) is 5.78 Å². The summed E-state index contributed by atoms with van der Waals surface area (Å²) in [7, 11) is 0. The number of rotatable bonds is 2. The SMILES string of the molecule is O=C1CC[C@@H]2CCCN(Cc3ccccc3)[C@@H]2C1.